The molecule has 5 nitrogen and oxygen atoms in total. The average molecular weight is 353 g/mol. The lowest BCUT2D eigenvalue weighted by Gasteiger charge is -2.34. The van der Waals surface area contributed by atoms with Gasteiger partial charge in [-0.15, -0.1) is 0 Å². The first kappa shape index (κ1) is 18.9. The molecule has 24 heavy (non-hydrogen) atoms. The summed E-state index contributed by atoms with van der Waals surface area (Å²) in [5.41, 5.74) is 0.489. The predicted molar refractivity (Wildman–Crippen MR) is 95.9 cm³/mol. The molecule has 2 rings (SSSR count). The molecule has 0 bridgehead atoms. The molecule has 1 aliphatic rings. The van der Waals surface area contributed by atoms with Crippen LogP contribution in [0.25, 0.3) is 0 Å². The third-order valence-electron chi connectivity index (χ3n) is 4.43. The number of hydrogen-bond donors (Lipinski definition) is 1. The molecule has 6 heteroatoms. The lowest BCUT2D eigenvalue weighted by molar-refractivity contribution is 0.0947. The number of amides is 1. The summed E-state index contributed by atoms with van der Waals surface area (Å²) in [6.45, 7) is 8.51. The summed E-state index contributed by atoms with van der Waals surface area (Å²) >= 11 is 0. The van der Waals surface area contributed by atoms with Gasteiger partial charge in [0.1, 0.15) is 0 Å². The van der Waals surface area contributed by atoms with Crippen LogP contribution in [0.3, 0.4) is 0 Å². The van der Waals surface area contributed by atoms with Gasteiger partial charge in [0.2, 0.25) is 0 Å². The van der Waals surface area contributed by atoms with E-state index in [1.54, 1.807) is 12.1 Å². The first-order valence-corrected chi connectivity index (χ1v) is 10.5. The Bertz CT molecular complexity index is 645. The molecule has 1 aromatic rings. The molecule has 1 aliphatic heterocycles. The highest BCUT2D eigenvalue weighted by Gasteiger charge is 2.21. The molecule has 1 heterocycles. The van der Waals surface area contributed by atoms with Crippen molar-refractivity contribution in [3.63, 3.8) is 0 Å². The van der Waals surface area contributed by atoms with Crippen molar-refractivity contribution >= 4 is 15.7 Å². The van der Waals surface area contributed by atoms with Gasteiger partial charge < -0.3 is 10.2 Å². The zero-order chi connectivity index (χ0) is 17.7. The smallest absolute Gasteiger partial charge is 0.251 e. The van der Waals surface area contributed by atoms with Crippen molar-refractivity contribution in [2.75, 3.05) is 32.4 Å². The Labute approximate surface area is 145 Å². The largest absolute Gasteiger partial charge is 0.352 e. The van der Waals surface area contributed by atoms with Gasteiger partial charge in [-0.05, 0) is 55.5 Å². The van der Waals surface area contributed by atoms with Crippen molar-refractivity contribution in [3.8, 4) is 0 Å². The van der Waals surface area contributed by atoms with Crippen molar-refractivity contribution in [2.45, 2.75) is 31.6 Å². The highest BCUT2D eigenvalue weighted by molar-refractivity contribution is 7.90. The van der Waals surface area contributed by atoms with E-state index in [1.807, 2.05) is 0 Å². The van der Waals surface area contributed by atoms with Crippen LogP contribution >= 0.6 is 0 Å². The number of piperidine rings is 1. The monoisotopic (exact) mass is 352 g/mol. The fourth-order valence-corrected chi connectivity index (χ4v) is 4.07. The van der Waals surface area contributed by atoms with Gasteiger partial charge >= 0.3 is 0 Å². The van der Waals surface area contributed by atoms with E-state index in [9.17, 15) is 13.2 Å². The Kier molecular flexibility index (Phi) is 6.40. The van der Waals surface area contributed by atoms with E-state index in [-0.39, 0.29) is 10.8 Å². The molecule has 1 N–H and O–H groups in total. The maximum Gasteiger partial charge on any atom is 0.251 e. The number of rotatable bonds is 6. The van der Waals surface area contributed by atoms with Gasteiger partial charge in [-0.2, -0.15) is 0 Å². The lowest BCUT2D eigenvalue weighted by Crippen LogP contribution is -2.40. The molecule has 1 aromatic carbocycles. The van der Waals surface area contributed by atoms with Crippen molar-refractivity contribution in [3.05, 3.63) is 29.8 Å². The maximum absolute atomic E-state index is 12.1. The van der Waals surface area contributed by atoms with E-state index in [4.69, 9.17) is 0 Å². The van der Waals surface area contributed by atoms with Crippen molar-refractivity contribution in [2.24, 2.45) is 11.8 Å². The van der Waals surface area contributed by atoms with E-state index >= 15 is 0 Å². The van der Waals surface area contributed by atoms with Crippen molar-refractivity contribution in [1.82, 2.24) is 10.2 Å². The summed E-state index contributed by atoms with van der Waals surface area (Å²) in [7, 11) is -3.22. The Morgan fingerprint density at radius 2 is 1.75 bits per heavy atom. The summed E-state index contributed by atoms with van der Waals surface area (Å²) in [6, 6.07) is 6.06. The number of nitrogens with one attached hydrogen (secondary N) is 1. The van der Waals surface area contributed by atoms with Crippen LogP contribution in [0.4, 0.5) is 0 Å². The molecular formula is C18H28N2O3S. The molecule has 0 radical (unpaired) electrons. The fraction of sp³-hybridized carbons (Fsp3) is 0.611. The summed E-state index contributed by atoms with van der Waals surface area (Å²) < 4.78 is 22.8. The molecule has 134 valence electrons. The predicted octanol–water partition coefficient (Wildman–Crippen LogP) is 2.19. The average Bonchev–Trinajstić information content (AvgIpc) is 2.50. The van der Waals surface area contributed by atoms with Crippen LogP contribution in [0.1, 0.15) is 37.0 Å². The molecular weight excluding hydrogens is 324 g/mol. The van der Waals surface area contributed by atoms with Crippen LogP contribution in [-0.2, 0) is 9.84 Å². The van der Waals surface area contributed by atoms with Gasteiger partial charge in [0.25, 0.3) is 5.91 Å². The number of likely N-dealkylation sites (tertiary alicyclic amines) is 1. The Balaban J connectivity index is 1.75. The van der Waals surface area contributed by atoms with Crippen molar-refractivity contribution in [1.29, 1.82) is 0 Å². The molecule has 0 unspecified atom stereocenters. The summed E-state index contributed by atoms with van der Waals surface area (Å²) in [4.78, 5) is 14.8. The quantitative estimate of drug-likeness (QED) is 0.797. The van der Waals surface area contributed by atoms with Gasteiger partial charge in [0, 0.05) is 31.5 Å². The molecule has 0 aromatic heterocycles. The minimum Gasteiger partial charge on any atom is -0.352 e. The van der Waals surface area contributed by atoms with Crippen LogP contribution in [0.5, 0.6) is 0 Å². The maximum atomic E-state index is 12.1. The second-order valence-electron chi connectivity index (χ2n) is 7.11. The van der Waals surface area contributed by atoms with Crippen LogP contribution in [0, 0.1) is 11.8 Å². The first-order chi connectivity index (χ1) is 11.3. The van der Waals surface area contributed by atoms with E-state index in [1.165, 1.54) is 18.6 Å². The topological polar surface area (TPSA) is 66.5 Å². The second kappa shape index (κ2) is 8.12. The fourth-order valence-electron chi connectivity index (χ4n) is 3.43. The number of carbonyl (C=O) groups is 1. The SMILES string of the molecule is C[C@H]1C[C@H](C)CN(CCCNC(=O)c2ccc(S(C)(=O)=O)cc2)C1. The summed E-state index contributed by atoms with van der Waals surface area (Å²) in [5, 5.41) is 2.90. The van der Waals surface area contributed by atoms with Crippen LogP contribution < -0.4 is 5.32 Å². The third-order valence-corrected chi connectivity index (χ3v) is 5.55. The van der Waals surface area contributed by atoms with Crippen LogP contribution in [0.2, 0.25) is 0 Å². The Morgan fingerprint density at radius 1 is 1.17 bits per heavy atom. The minimum atomic E-state index is -3.22. The number of benzene rings is 1. The first-order valence-electron chi connectivity index (χ1n) is 8.56. The molecule has 0 spiro atoms. The normalized spacial score (nSPS) is 22.3. The number of sulfone groups is 1. The lowest BCUT2D eigenvalue weighted by atomic mass is 9.92. The number of nitrogens with zero attached hydrogens (tertiary/aromatic N) is 1. The Morgan fingerprint density at radius 3 is 2.29 bits per heavy atom. The third kappa shape index (κ3) is 5.60. The zero-order valence-corrected chi connectivity index (χ0v) is 15.6. The zero-order valence-electron chi connectivity index (χ0n) is 14.8. The Hall–Kier alpha value is -1.40. The summed E-state index contributed by atoms with van der Waals surface area (Å²) in [5.74, 6) is 1.34. The molecule has 1 fully saturated rings. The molecule has 1 amide bonds. The highest BCUT2D eigenvalue weighted by Crippen LogP contribution is 2.20. The summed E-state index contributed by atoms with van der Waals surface area (Å²) in [6.07, 6.45) is 3.38. The van der Waals surface area contributed by atoms with Crippen molar-refractivity contribution < 1.29 is 13.2 Å². The second-order valence-corrected chi connectivity index (χ2v) is 9.13. The van der Waals surface area contributed by atoms with E-state index in [2.05, 4.69) is 24.1 Å². The molecule has 0 aliphatic carbocycles. The van der Waals surface area contributed by atoms with Gasteiger partial charge in [0.15, 0.2) is 9.84 Å². The van der Waals surface area contributed by atoms with E-state index in [0.29, 0.717) is 12.1 Å². The molecule has 2 atom stereocenters. The highest BCUT2D eigenvalue weighted by atomic mass is 32.2. The van der Waals surface area contributed by atoms with Gasteiger partial charge in [0.05, 0.1) is 4.90 Å². The van der Waals surface area contributed by atoms with Crippen LogP contribution in [0.15, 0.2) is 29.2 Å². The minimum absolute atomic E-state index is 0.157. The molecule has 0 saturated carbocycles. The van der Waals surface area contributed by atoms with Gasteiger partial charge in [-0.25, -0.2) is 8.42 Å². The standard InChI is InChI=1S/C18H28N2O3S/c1-14-11-15(2)13-20(12-14)10-4-9-19-18(21)16-5-7-17(8-6-16)24(3,22)23/h5-8,14-15H,4,9-13H2,1-3H3,(H,19,21)/t14-,15-/m0/s1. The number of hydrogen-bond acceptors (Lipinski definition) is 4. The molecule has 1 saturated heterocycles. The van der Waals surface area contributed by atoms with E-state index in [0.717, 1.165) is 44.1 Å². The van der Waals surface area contributed by atoms with Gasteiger partial charge in [-0.3, -0.25) is 4.79 Å². The van der Waals surface area contributed by atoms with Gasteiger partial charge in [-0.1, -0.05) is 13.8 Å². The number of carbonyl (C=O) groups excluding carboxylic acids is 1. The van der Waals surface area contributed by atoms with Crippen LogP contribution in [-0.4, -0.2) is 51.7 Å². The van der Waals surface area contributed by atoms with E-state index < -0.39 is 9.84 Å².